The molecule has 0 unspecified atom stereocenters. The third kappa shape index (κ3) is 5.20. The number of anilines is 1. The van der Waals surface area contributed by atoms with Crippen LogP contribution >= 0.6 is 11.6 Å². The molecular formula is C28H24ClF3N4O. The lowest BCUT2D eigenvalue weighted by molar-refractivity contribution is -0.137. The van der Waals surface area contributed by atoms with Crippen LogP contribution in [0.15, 0.2) is 78.9 Å². The van der Waals surface area contributed by atoms with Crippen LogP contribution < -0.4 is 4.90 Å². The quantitative estimate of drug-likeness (QED) is 0.307. The van der Waals surface area contributed by atoms with Crippen LogP contribution in [0.2, 0.25) is 5.02 Å². The highest BCUT2D eigenvalue weighted by molar-refractivity contribution is 6.33. The molecule has 37 heavy (non-hydrogen) atoms. The molecule has 0 bridgehead atoms. The summed E-state index contributed by atoms with van der Waals surface area (Å²) < 4.78 is 41.1. The number of carbonyl (C=O) groups is 1. The van der Waals surface area contributed by atoms with Gasteiger partial charge >= 0.3 is 6.18 Å². The minimum Gasteiger partial charge on any atom is -0.368 e. The van der Waals surface area contributed by atoms with Gasteiger partial charge in [-0.2, -0.15) is 18.3 Å². The van der Waals surface area contributed by atoms with Crippen LogP contribution in [0.25, 0.3) is 16.9 Å². The van der Waals surface area contributed by atoms with Crippen LogP contribution in [0.5, 0.6) is 0 Å². The van der Waals surface area contributed by atoms with Crippen LogP contribution in [-0.4, -0.2) is 46.8 Å². The number of carbonyl (C=O) groups excluding carboxylic acids is 1. The summed E-state index contributed by atoms with van der Waals surface area (Å²) in [6.07, 6.45) is -4.40. The third-order valence-corrected chi connectivity index (χ3v) is 6.79. The topological polar surface area (TPSA) is 41.4 Å². The number of rotatable bonds is 4. The van der Waals surface area contributed by atoms with E-state index in [0.717, 1.165) is 28.9 Å². The molecule has 3 aromatic carbocycles. The van der Waals surface area contributed by atoms with Crippen molar-refractivity contribution in [3.05, 3.63) is 101 Å². The molecule has 0 spiro atoms. The molecule has 0 atom stereocenters. The van der Waals surface area contributed by atoms with Crippen LogP contribution in [-0.2, 0) is 6.18 Å². The zero-order valence-corrected chi connectivity index (χ0v) is 20.8. The molecule has 9 heteroatoms. The number of halogens is 4. The van der Waals surface area contributed by atoms with E-state index in [-0.39, 0.29) is 5.91 Å². The Bertz CT molecular complexity index is 1420. The number of aromatic nitrogens is 2. The van der Waals surface area contributed by atoms with Gasteiger partial charge in [0.2, 0.25) is 0 Å². The van der Waals surface area contributed by atoms with Crippen molar-refractivity contribution >= 4 is 23.2 Å². The van der Waals surface area contributed by atoms with Crippen LogP contribution in [0, 0.1) is 6.92 Å². The summed E-state index contributed by atoms with van der Waals surface area (Å²) in [6.45, 7) is 3.56. The summed E-state index contributed by atoms with van der Waals surface area (Å²) in [6, 6.07) is 22.1. The Kier molecular flexibility index (Phi) is 6.69. The highest BCUT2D eigenvalue weighted by atomic mass is 35.5. The van der Waals surface area contributed by atoms with Gasteiger partial charge in [-0.25, -0.2) is 4.68 Å². The van der Waals surface area contributed by atoms with Crippen molar-refractivity contribution < 1.29 is 18.0 Å². The second-order valence-electron chi connectivity index (χ2n) is 8.97. The number of alkyl halides is 3. The van der Waals surface area contributed by atoms with Crippen LogP contribution in [0.1, 0.15) is 21.6 Å². The van der Waals surface area contributed by atoms with Crippen molar-refractivity contribution in [1.82, 2.24) is 14.7 Å². The van der Waals surface area contributed by atoms with Gasteiger partial charge in [-0.05, 0) is 49.4 Å². The van der Waals surface area contributed by atoms with Gasteiger partial charge in [0.15, 0.2) is 0 Å². The first-order valence-corrected chi connectivity index (χ1v) is 12.2. The van der Waals surface area contributed by atoms with E-state index in [1.807, 2.05) is 54.3 Å². The maximum absolute atomic E-state index is 13.7. The van der Waals surface area contributed by atoms with Gasteiger partial charge in [0.25, 0.3) is 5.91 Å². The Morgan fingerprint density at radius 1 is 0.865 bits per heavy atom. The average Bonchev–Trinajstić information content (AvgIpc) is 3.34. The Labute approximate surface area is 217 Å². The smallest absolute Gasteiger partial charge is 0.368 e. The molecule has 1 aliphatic rings. The average molecular weight is 525 g/mol. The van der Waals surface area contributed by atoms with E-state index in [1.165, 1.54) is 6.07 Å². The third-order valence-electron chi connectivity index (χ3n) is 6.46. The maximum Gasteiger partial charge on any atom is 0.416 e. The van der Waals surface area contributed by atoms with Crippen molar-refractivity contribution in [3.63, 3.8) is 0 Å². The second-order valence-corrected chi connectivity index (χ2v) is 9.38. The maximum atomic E-state index is 13.7. The van der Waals surface area contributed by atoms with Crippen LogP contribution in [0.4, 0.5) is 18.9 Å². The SMILES string of the molecule is Cc1ccc(-n2nc(-c3ccccc3Cl)cc2C(=O)N2CCN(c3cccc(C(F)(F)F)c3)CC2)cc1. The fraction of sp³-hybridized carbons (Fsp3) is 0.214. The lowest BCUT2D eigenvalue weighted by Crippen LogP contribution is -2.49. The summed E-state index contributed by atoms with van der Waals surface area (Å²) in [7, 11) is 0. The normalized spacial score (nSPS) is 14.2. The van der Waals surface area contributed by atoms with Crippen molar-refractivity contribution in [2.45, 2.75) is 13.1 Å². The van der Waals surface area contributed by atoms with Gasteiger partial charge in [0.05, 0.1) is 22.0 Å². The molecule has 4 aromatic rings. The fourth-order valence-electron chi connectivity index (χ4n) is 4.43. The summed E-state index contributed by atoms with van der Waals surface area (Å²) >= 11 is 6.41. The number of piperazine rings is 1. The minimum absolute atomic E-state index is 0.199. The van der Waals surface area contributed by atoms with E-state index < -0.39 is 11.7 Å². The molecule has 5 nitrogen and oxygen atoms in total. The number of aryl methyl sites for hydroxylation is 1. The lowest BCUT2D eigenvalue weighted by atomic mass is 10.1. The van der Waals surface area contributed by atoms with Crippen molar-refractivity contribution in [3.8, 4) is 16.9 Å². The standard InChI is InChI=1S/C28H24ClF3N4O/c1-19-9-11-21(12-10-19)36-26(18-25(33-36)23-7-2-3-8-24(23)29)27(37)35-15-13-34(14-16-35)22-6-4-5-20(17-22)28(30,31)32/h2-12,17-18H,13-16H2,1H3. The molecule has 5 rings (SSSR count). The molecular weight excluding hydrogens is 501 g/mol. The van der Waals surface area contributed by atoms with Crippen molar-refractivity contribution in [2.75, 3.05) is 31.1 Å². The van der Waals surface area contributed by atoms with Gasteiger partial charge in [-0.3, -0.25) is 4.79 Å². The number of amides is 1. The Hall–Kier alpha value is -3.78. The highest BCUT2D eigenvalue weighted by Gasteiger charge is 2.32. The van der Waals surface area contributed by atoms with Gasteiger partial charge < -0.3 is 9.80 Å². The summed E-state index contributed by atoms with van der Waals surface area (Å²) in [5.74, 6) is -0.199. The Morgan fingerprint density at radius 3 is 2.24 bits per heavy atom. The summed E-state index contributed by atoms with van der Waals surface area (Å²) in [4.78, 5) is 17.3. The monoisotopic (exact) mass is 524 g/mol. The van der Waals surface area contributed by atoms with E-state index in [0.29, 0.717) is 48.3 Å². The van der Waals surface area contributed by atoms with Crippen molar-refractivity contribution in [1.29, 1.82) is 0 Å². The molecule has 1 aromatic heterocycles. The Balaban J connectivity index is 1.41. The van der Waals surface area contributed by atoms with E-state index >= 15 is 0 Å². The summed E-state index contributed by atoms with van der Waals surface area (Å²) in [5.41, 5.74) is 3.34. The molecule has 1 amide bonds. The number of benzene rings is 3. The van der Waals surface area contributed by atoms with Gasteiger partial charge in [0, 0.05) is 37.4 Å². The number of hydrogen-bond donors (Lipinski definition) is 0. The molecule has 0 radical (unpaired) electrons. The molecule has 190 valence electrons. The molecule has 2 heterocycles. The van der Waals surface area contributed by atoms with Gasteiger partial charge in [0.1, 0.15) is 5.69 Å². The lowest BCUT2D eigenvalue weighted by Gasteiger charge is -2.36. The molecule has 1 aliphatic heterocycles. The molecule has 1 saturated heterocycles. The van der Waals surface area contributed by atoms with Crippen LogP contribution in [0.3, 0.4) is 0 Å². The van der Waals surface area contributed by atoms with Gasteiger partial charge in [-0.15, -0.1) is 0 Å². The second kappa shape index (κ2) is 9.94. The number of hydrogen-bond acceptors (Lipinski definition) is 3. The highest BCUT2D eigenvalue weighted by Crippen LogP contribution is 2.32. The first-order chi connectivity index (χ1) is 17.7. The molecule has 0 N–H and O–H groups in total. The zero-order chi connectivity index (χ0) is 26.2. The predicted molar refractivity (Wildman–Crippen MR) is 138 cm³/mol. The minimum atomic E-state index is -4.40. The van der Waals surface area contributed by atoms with E-state index in [9.17, 15) is 18.0 Å². The zero-order valence-electron chi connectivity index (χ0n) is 20.0. The van der Waals surface area contributed by atoms with E-state index in [2.05, 4.69) is 0 Å². The largest absolute Gasteiger partial charge is 0.416 e. The fourth-order valence-corrected chi connectivity index (χ4v) is 4.66. The molecule has 0 aliphatic carbocycles. The van der Waals surface area contributed by atoms with E-state index in [4.69, 9.17) is 16.7 Å². The van der Waals surface area contributed by atoms with Gasteiger partial charge in [-0.1, -0.05) is 53.6 Å². The number of nitrogens with zero attached hydrogens (tertiary/aromatic N) is 4. The molecule has 1 fully saturated rings. The Morgan fingerprint density at radius 2 is 1.57 bits per heavy atom. The van der Waals surface area contributed by atoms with E-state index in [1.54, 1.807) is 27.8 Å². The molecule has 0 saturated carbocycles. The summed E-state index contributed by atoms with van der Waals surface area (Å²) in [5, 5.41) is 5.25. The first-order valence-electron chi connectivity index (χ1n) is 11.8. The first kappa shape index (κ1) is 24.9. The predicted octanol–water partition coefficient (Wildman–Crippen LogP) is 6.48. The van der Waals surface area contributed by atoms with Crippen molar-refractivity contribution in [2.24, 2.45) is 0 Å².